The molecule has 1 rings (SSSR count). The van der Waals surface area contributed by atoms with Gasteiger partial charge in [-0.3, -0.25) is 0 Å². The molecule has 0 radical (unpaired) electrons. The van der Waals surface area contributed by atoms with Gasteiger partial charge in [-0.25, -0.2) is 0 Å². The smallest absolute Gasteiger partial charge is 0.119 e. The lowest BCUT2D eigenvalue weighted by Gasteiger charge is -2.08. The summed E-state index contributed by atoms with van der Waals surface area (Å²) in [7, 11) is 0. The van der Waals surface area contributed by atoms with E-state index >= 15 is 0 Å². The van der Waals surface area contributed by atoms with Crippen molar-refractivity contribution in [3.63, 3.8) is 0 Å². The molecule has 0 aromatic heterocycles. The van der Waals surface area contributed by atoms with Crippen LogP contribution in [0.1, 0.15) is 32.8 Å². The molecule has 2 heteroatoms. The largest absolute Gasteiger partial charge is 0.494 e. The maximum absolute atomic E-state index is 9.63. The summed E-state index contributed by atoms with van der Waals surface area (Å²) in [4.78, 5) is 0. The summed E-state index contributed by atoms with van der Waals surface area (Å²) in [6.07, 6.45) is 2.41. The Morgan fingerprint density at radius 3 is 2.44 bits per heavy atom. The molecule has 0 amide bonds. The van der Waals surface area contributed by atoms with Gasteiger partial charge in [-0.15, -0.1) is 0 Å². The fourth-order valence-electron chi connectivity index (χ4n) is 1.51. The highest BCUT2D eigenvalue weighted by Gasteiger charge is 2.02. The third kappa shape index (κ3) is 3.70. The van der Waals surface area contributed by atoms with E-state index in [1.54, 1.807) is 0 Å². The Morgan fingerprint density at radius 1 is 1.31 bits per heavy atom. The van der Waals surface area contributed by atoms with Crippen molar-refractivity contribution in [2.75, 3.05) is 6.61 Å². The van der Waals surface area contributed by atoms with Crippen LogP contribution in [0.15, 0.2) is 29.8 Å². The van der Waals surface area contributed by atoms with E-state index in [1.807, 2.05) is 51.1 Å². The van der Waals surface area contributed by atoms with E-state index in [2.05, 4.69) is 0 Å². The van der Waals surface area contributed by atoms with E-state index in [0.717, 1.165) is 23.3 Å². The zero-order valence-electron chi connectivity index (χ0n) is 10.2. The van der Waals surface area contributed by atoms with Gasteiger partial charge in [0.2, 0.25) is 0 Å². The molecule has 2 nitrogen and oxygen atoms in total. The summed E-state index contributed by atoms with van der Waals surface area (Å²) in [5.74, 6) is 0.883. The second-order valence-corrected chi connectivity index (χ2v) is 3.81. The Morgan fingerprint density at radius 2 is 1.94 bits per heavy atom. The van der Waals surface area contributed by atoms with Crippen LogP contribution in [-0.2, 0) is 0 Å². The van der Waals surface area contributed by atoms with Gasteiger partial charge in [0.15, 0.2) is 0 Å². The summed E-state index contributed by atoms with van der Waals surface area (Å²) in [5, 5.41) is 9.63. The molecule has 0 aliphatic rings. The number of aliphatic hydroxyl groups excluding tert-OH is 1. The van der Waals surface area contributed by atoms with Gasteiger partial charge in [0.05, 0.1) is 12.7 Å². The monoisotopic (exact) mass is 220 g/mol. The van der Waals surface area contributed by atoms with Crippen LogP contribution in [0.2, 0.25) is 0 Å². The fourth-order valence-corrected chi connectivity index (χ4v) is 1.51. The minimum atomic E-state index is -0.341. The highest BCUT2D eigenvalue weighted by atomic mass is 16.5. The van der Waals surface area contributed by atoms with Gasteiger partial charge < -0.3 is 9.84 Å². The number of hydrogen-bond acceptors (Lipinski definition) is 2. The van der Waals surface area contributed by atoms with E-state index in [9.17, 15) is 5.11 Å². The molecule has 0 saturated carbocycles. The molecule has 0 aliphatic carbocycles. The summed E-state index contributed by atoms with van der Waals surface area (Å²) < 4.78 is 5.36. The standard InChI is InChI=1S/C14H20O2/c1-4-14(15)11(3)10-12-6-8-13(9-7-12)16-5-2/h6-10,14-15H,4-5H2,1-3H3/b11-10+. The lowest BCUT2D eigenvalue weighted by atomic mass is 10.1. The lowest BCUT2D eigenvalue weighted by Crippen LogP contribution is -2.05. The van der Waals surface area contributed by atoms with Crippen molar-refractivity contribution >= 4 is 6.08 Å². The van der Waals surface area contributed by atoms with Gasteiger partial charge in [0.1, 0.15) is 5.75 Å². The number of hydrogen-bond donors (Lipinski definition) is 1. The van der Waals surface area contributed by atoms with Crippen LogP contribution in [0.5, 0.6) is 5.75 Å². The third-order valence-electron chi connectivity index (χ3n) is 2.50. The third-order valence-corrected chi connectivity index (χ3v) is 2.50. The maximum atomic E-state index is 9.63. The second kappa shape index (κ2) is 6.33. The molecule has 16 heavy (non-hydrogen) atoms. The van der Waals surface area contributed by atoms with E-state index in [-0.39, 0.29) is 6.10 Å². The Bertz CT molecular complexity index is 338. The minimum Gasteiger partial charge on any atom is -0.494 e. The zero-order chi connectivity index (χ0) is 12.0. The molecule has 0 aliphatic heterocycles. The van der Waals surface area contributed by atoms with Crippen LogP contribution in [0.3, 0.4) is 0 Å². The SMILES string of the molecule is CCOc1ccc(/C=C(\C)C(O)CC)cc1. The number of ether oxygens (including phenoxy) is 1. The first-order valence-corrected chi connectivity index (χ1v) is 5.76. The molecule has 0 fully saturated rings. The number of aliphatic hydroxyl groups is 1. The summed E-state index contributed by atoms with van der Waals surface area (Å²) in [6.45, 7) is 6.57. The average Bonchev–Trinajstić information content (AvgIpc) is 2.31. The van der Waals surface area contributed by atoms with Crippen molar-refractivity contribution in [1.29, 1.82) is 0 Å². The lowest BCUT2D eigenvalue weighted by molar-refractivity contribution is 0.208. The van der Waals surface area contributed by atoms with Gasteiger partial charge in [-0.05, 0) is 43.5 Å². The highest BCUT2D eigenvalue weighted by Crippen LogP contribution is 2.16. The molecular formula is C14H20O2. The van der Waals surface area contributed by atoms with Crippen LogP contribution in [0, 0.1) is 0 Å². The summed E-state index contributed by atoms with van der Waals surface area (Å²) in [6, 6.07) is 7.88. The van der Waals surface area contributed by atoms with Crippen molar-refractivity contribution < 1.29 is 9.84 Å². The van der Waals surface area contributed by atoms with Gasteiger partial charge in [-0.2, -0.15) is 0 Å². The van der Waals surface area contributed by atoms with Crippen molar-refractivity contribution in [1.82, 2.24) is 0 Å². The van der Waals surface area contributed by atoms with Crippen molar-refractivity contribution in [3.8, 4) is 5.75 Å². The van der Waals surface area contributed by atoms with Crippen LogP contribution < -0.4 is 4.74 Å². The van der Waals surface area contributed by atoms with Crippen molar-refractivity contribution in [2.24, 2.45) is 0 Å². The first-order chi connectivity index (χ1) is 7.67. The van der Waals surface area contributed by atoms with Gasteiger partial charge in [-0.1, -0.05) is 25.1 Å². The molecule has 0 bridgehead atoms. The Labute approximate surface area is 97.6 Å². The van der Waals surface area contributed by atoms with Crippen molar-refractivity contribution in [2.45, 2.75) is 33.3 Å². The van der Waals surface area contributed by atoms with Crippen LogP contribution in [-0.4, -0.2) is 17.8 Å². The highest BCUT2D eigenvalue weighted by molar-refractivity contribution is 5.54. The number of benzene rings is 1. The predicted molar refractivity (Wildman–Crippen MR) is 67.6 cm³/mol. The van der Waals surface area contributed by atoms with E-state index in [4.69, 9.17) is 4.74 Å². The Balaban J connectivity index is 2.74. The minimum absolute atomic E-state index is 0.341. The number of rotatable bonds is 5. The molecular weight excluding hydrogens is 200 g/mol. The Kier molecular flexibility index (Phi) is 5.06. The molecule has 1 N–H and O–H groups in total. The normalized spacial score (nSPS) is 13.6. The van der Waals surface area contributed by atoms with E-state index in [0.29, 0.717) is 6.61 Å². The topological polar surface area (TPSA) is 29.5 Å². The van der Waals surface area contributed by atoms with Gasteiger partial charge in [0.25, 0.3) is 0 Å². The van der Waals surface area contributed by atoms with E-state index < -0.39 is 0 Å². The molecule has 1 unspecified atom stereocenters. The average molecular weight is 220 g/mol. The fraction of sp³-hybridized carbons (Fsp3) is 0.429. The predicted octanol–water partition coefficient (Wildman–Crippen LogP) is 3.26. The summed E-state index contributed by atoms with van der Waals surface area (Å²) in [5.41, 5.74) is 2.08. The first kappa shape index (κ1) is 12.8. The van der Waals surface area contributed by atoms with Gasteiger partial charge >= 0.3 is 0 Å². The molecule has 1 aromatic carbocycles. The first-order valence-electron chi connectivity index (χ1n) is 5.76. The Hall–Kier alpha value is -1.28. The molecule has 0 spiro atoms. The summed E-state index contributed by atoms with van der Waals surface area (Å²) >= 11 is 0. The van der Waals surface area contributed by atoms with Crippen LogP contribution >= 0.6 is 0 Å². The molecule has 88 valence electrons. The molecule has 1 atom stereocenters. The van der Waals surface area contributed by atoms with Crippen LogP contribution in [0.4, 0.5) is 0 Å². The second-order valence-electron chi connectivity index (χ2n) is 3.81. The van der Waals surface area contributed by atoms with Gasteiger partial charge in [0, 0.05) is 0 Å². The van der Waals surface area contributed by atoms with Crippen LogP contribution in [0.25, 0.3) is 6.08 Å². The molecule has 0 saturated heterocycles. The van der Waals surface area contributed by atoms with Crippen molar-refractivity contribution in [3.05, 3.63) is 35.4 Å². The molecule has 1 aromatic rings. The maximum Gasteiger partial charge on any atom is 0.119 e. The molecule has 0 heterocycles. The quantitative estimate of drug-likeness (QED) is 0.825. The zero-order valence-corrected chi connectivity index (χ0v) is 10.2. The van der Waals surface area contributed by atoms with E-state index in [1.165, 1.54) is 0 Å².